The van der Waals surface area contributed by atoms with Crippen molar-refractivity contribution in [1.82, 2.24) is 15.1 Å². The number of nitrogens with zero attached hydrogens (tertiary/aromatic N) is 2. The lowest BCUT2D eigenvalue weighted by Crippen LogP contribution is -2.65. The van der Waals surface area contributed by atoms with Crippen LogP contribution in [0.15, 0.2) is 18.2 Å². The summed E-state index contributed by atoms with van der Waals surface area (Å²) in [5.74, 6) is 1.66. The van der Waals surface area contributed by atoms with Crippen LogP contribution in [0.3, 0.4) is 0 Å². The van der Waals surface area contributed by atoms with E-state index in [0.29, 0.717) is 60.1 Å². The quantitative estimate of drug-likeness (QED) is 0.261. The number of carbonyl (C=O) groups is 2. The average molecular weight is 746 g/mol. The number of phenols is 2. The molecule has 7 heterocycles. The van der Waals surface area contributed by atoms with E-state index >= 15 is 0 Å². The number of nitrogens with one attached hydrogen (secondary N) is 1. The van der Waals surface area contributed by atoms with Gasteiger partial charge in [0.25, 0.3) is 0 Å². The summed E-state index contributed by atoms with van der Waals surface area (Å²) in [5, 5.41) is 25.8. The highest BCUT2D eigenvalue weighted by Crippen LogP contribution is 2.63. The fraction of sp³-hybridized carbons (Fsp3) is 0.487. The molecule has 14 heteroatoms. The Bertz CT molecular complexity index is 2090. The minimum Gasteiger partial charge on any atom is -0.504 e. The number of benzene rings is 3. The molecule has 6 atom stereocenters. The molecule has 7 aliphatic rings. The number of thioether (sulfide) groups is 1. The average Bonchev–Trinajstić information content (AvgIpc) is 3.61. The van der Waals surface area contributed by atoms with E-state index in [1.54, 1.807) is 31.0 Å². The van der Waals surface area contributed by atoms with Crippen LogP contribution >= 0.6 is 11.8 Å². The van der Waals surface area contributed by atoms with E-state index in [-0.39, 0.29) is 54.5 Å². The van der Waals surface area contributed by atoms with E-state index in [9.17, 15) is 19.8 Å². The van der Waals surface area contributed by atoms with Crippen molar-refractivity contribution in [2.45, 2.75) is 68.6 Å². The zero-order valence-electron chi connectivity index (χ0n) is 30.5. The first kappa shape index (κ1) is 34.4. The highest BCUT2D eigenvalue weighted by Gasteiger charge is 2.59. The van der Waals surface area contributed by atoms with Crippen LogP contribution in [0, 0.1) is 13.8 Å². The summed E-state index contributed by atoms with van der Waals surface area (Å²) in [6.45, 7) is 6.33. The van der Waals surface area contributed by atoms with E-state index in [0.717, 1.165) is 33.4 Å². The van der Waals surface area contributed by atoms with Gasteiger partial charge >= 0.3 is 11.9 Å². The Kier molecular flexibility index (Phi) is 8.01. The second-order valence-corrected chi connectivity index (χ2v) is 16.0. The van der Waals surface area contributed by atoms with E-state index in [4.69, 9.17) is 28.4 Å². The Morgan fingerprint density at radius 1 is 1.02 bits per heavy atom. The fourth-order valence-corrected chi connectivity index (χ4v) is 11.6. The van der Waals surface area contributed by atoms with Crippen LogP contribution in [0.25, 0.3) is 0 Å². The fourth-order valence-electron chi connectivity index (χ4n) is 9.92. The molecule has 1 spiro atoms. The molecule has 3 aromatic carbocycles. The third kappa shape index (κ3) is 4.81. The summed E-state index contributed by atoms with van der Waals surface area (Å²) >= 11 is 1.58. The first-order valence-electron chi connectivity index (χ1n) is 17.9. The van der Waals surface area contributed by atoms with Gasteiger partial charge in [-0.2, -0.15) is 0 Å². The molecular formula is C39H43N3O10S. The van der Waals surface area contributed by atoms with Crippen molar-refractivity contribution in [2.24, 2.45) is 0 Å². The van der Waals surface area contributed by atoms with Crippen molar-refractivity contribution in [1.29, 1.82) is 0 Å². The molecule has 53 heavy (non-hydrogen) atoms. The van der Waals surface area contributed by atoms with Crippen molar-refractivity contribution < 1.29 is 48.2 Å². The van der Waals surface area contributed by atoms with E-state index in [2.05, 4.69) is 28.2 Å². The van der Waals surface area contributed by atoms with Gasteiger partial charge in [0.2, 0.25) is 6.79 Å². The highest BCUT2D eigenvalue weighted by molar-refractivity contribution is 7.99. The molecule has 0 unspecified atom stereocenters. The summed E-state index contributed by atoms with van der Waals surface area (Å²) in [6, 6.07) is 4.51. The molecule has 13 nitrogen and oxygen atoms in total. The van der Waals surface area contributed by atoms with Crippen molar-refractivity contribution in [3.8, 4) is 40.2 Å². The maximum absolute atomic E-state index is 14.7. The van der Waals surface area contributed by atoms with Gasteiger partial charge in [-0.25, -0.2) is 4.79 Å². The number of carbonyl (C=O) groups excluding carboxylic acids is 2. The maximum atomic E-state index is 14.7. The zero-order valence-corrected chi connectivity index (χ0v) is 31.3. The van der Waals surface area contributed by atoms with Crippen molar-refractivity contribution >= 4 is 23.7 Å². The highest BCUT2D eigenvalue weighted by atomic mass is 32.2. The molecule has 2 fully saturated rings. The molecular weight excluding hydrogens is 703 g/mol. The smallest absolute Gasteiger partial charge is 0.331 e. The number of piperazine rings is 1. The standard InChI is InChI=1S/C39H43N3O10S/c1-17-9-21-10-22-13-42-24-14-49-38(46)39(23-12-26(47-5)25(44)11-20(23)7-8-40-39)15-53-37(31(42)30(41(22)4)27(21)32(45)33(17)48-6)29-28(24)36-35(50-16-51-36)18(2)34(29)52-19(3)43/h9,11-12,22,24,30-31,37,40,44-45H,7-8,10,13-16H2,1-6H3/t22-,24-,30+,31-,37+,39+/m0/s1. The summed E-state index contributed by atoms with van der Waals surface area (Å²) in [4.78, 5) is 32.3. The molecule has 7 aliphatic heterocycles. The predicted molar refractivity (Wildman–Crippen MR) is 193 cm³/mol. The van der Waals surface area contributed by atoms with E-state index in [1.165, 1.54) is 14.0 Å². The number of likely N-dealkylation sites (N-methyl/N-ethyl adjacent to an activating group) is 1. The maximum Gasteiger partial charge on any atom is 0.331 e. The molecule has 0 saturated carbocycles. The number of aromatic hydroxyl groups is 2. The Morgan fingerprint density at radius 3 is 2.57 bits per heavy atom. The second-order valence-electron chi connectivity index (χ2n) is 14.9. The van der Waals surface area contributed by atoms with E-state index in [1.807, 2.05) is 13.8 Å². The van der Waals surface area contributed by atoms with Gasteiger partial charge in [-0.05, 0) is 68.1 Å². The van der Waals surface area contributed by atoms with E-state index < -0.39 is 28.8 Å². The molecule has 3 aromatic rings. The van der Waals surface area contributed by atoms with Crippen LogP contribution in [-0.4, -0.2) is 97.5 Å². The third-order valence-corrected chi connectivity index (χ3v) is 13.7. The normalized spacial score (nSPS) is 28.3. The van der Waals surface area contributed by atoms with Crippen molar-refractivity contribution in [3.63, 3.8) is 0 Å². The predicted octanol–water partition coefficient (Wildman–Crippen LogP) is 4.09. The lowest BCUT2D eigenvalue weighted by atomic mass is 9.73. The topological polar surface area (TPSA) is 148 Å². The Labute approximate surface area is 311 Å². The van der Waals surface area contributed by atoms with Crippen molar-refractivity contribution in [2.75, 3.05) is 53.5 Å². The van der Waals surface area contributed by atoms with Gasteiger partial charge < -0.3 is 38.6 Å². The zero-order chi connectivity index (χ0) is 37.1. The molecule has 0 aromatic heterocycles. The van der Waals surface area contributed by atoms with Gasteiger partial charge in [0.15, 0.2) is 40.0 Å². The van der Waals surface area contributed by atoms with Crippen LogP contribution in [0.5, 0.6) is 40.2 Å². The largest absolute Gasteiger partial charge is 0.504 e. The van der Waals surface area contributed by atoms with Crippen LogP contribution in [0.1, 0.15) is 68.8 Å². The summed E-state index contributed by atoms with van der Waals surface area (Å²) in [5.41, 5.74) is 5.22. The molecule has 280 valence electrons. The van der Waals surface area contributed by atoms with Gasteiger partial charge in [0.1, 0.15) is 12.4 Å². The number of methoxy groups -OCH3 is 2. The van der Waals surface area contributed by atoms with Crippen LogP contribution < -0.4 is 29.0 Å². The van der Waals surface area contributed by atoms with Gasteiger partial charge in [-0.1, -0.05) is 6.07 Å². The number of aryl methyl sites for hydroxylation is 1. The summed E-state index contributed by atoms with van der Waals surface area (Å²) in [7, 11) is 5.17. The number of phenolic OH excluding ortho intramolecular Hbond substituents is 2. The van der Waals surface area contributed by atoms with Crippen LogP contribution in [0.2, 0.25) is 0 Å². The van der Waals surface area contributed by atoms with Gasteiger partial charge in [0.05, 0.1) is 31.6 Å². The number of hydrogen-bond acceptors (Lipinski definition) is 14. The Hall–Kier alpha value is -4.37. The first-order valence-corrected chi connectivity index (χ1v) is 19.0. The number of fused-ring (bicyclic) bond motifs is 9. The van der Waals surface area contributed by atoms with Gasteiger partial charge in [-0.15, -0.1) is 11.8 Å². The van der Waals surface area contributed by atoms with Crippen molar-refractivity contribution in [3.05, 3.63) is 62.7 Å². The first-order chi connectivity index (χ1) is 25.5. The molecule has 2 saturated heterocycles. The monoisotopic (exact) mass is 745 g/mol. The summed E-state index contributed by atoms with van der Waals surface area (Å²) in [6.07, 6.45) is 1.31. The van der Waals surface area contributed by atoms with Crippen LogP contribution in [0.4, 0.5) is 0 Å². The number of esters is 2. The minimum atomic E-state index is -1.29. The molecule has 10 rings (SSSR count). The summed E-state index contributed by atoms with van der Waals surface area (Å²) < 4.78 is 36.2. The Morgan fingerprint density at radius 2 is 1.81 bits per heavy atom. The second kappa shape index (κ2) is 12.3. The van der Waals surface area contributed by atoms with Gasteiger partial charge in [-0.3, -0.25) is 19.9 Å². The number of hydrogen-bond donors (Lipinski definition) is 3. The number of ether oxygens (including phenoxy) is 6. The SMILES string of the molecule is COc1cc2c(cc1O)CCN[C@]21CS[C@@H]2c3c(OC(C)=O)c(C)c4c(c3[C@H](COC1=O)N1C[C@@H]3Cc5cc(C)c(OC)c(O)c5[C@H]([C@@H]21)N3C)OCO4. The molecule has 0 aliphatic carbocycles. The molecule has 0 amide bonds. The van der Waals surface area contributed by atoms with Gasteiger partial charge in [0, 0.05) is 60.1 Å². The molecule has 3 N–H and O–H groups in total. The minimum absolute atomic E-state index is 0.00613. The lowest BCUT2D eigenvalue weighted by molar-refractivity contribution is -0.156. The Balaban J connectivity index is 1.30. The number of rotatable bonds is 3. The van der Waals surface area contributed by atoms with Crippen LogP contribution in [-0.2, 0) is 32.7 Å². The lowest BCUT2D eigenvalue weighted by Gasteiger charge is -2.60. The molecule has 4 bridgehead atoms. The third-order valence-electron chi connectivity index (χ3n) is 12.2. The molecule has 0 radical (unpaired) electrons.